The zero-order valence-corrected chi connectivity index (χ0v) is 17.1. The molecule has 0 spiro atoms. The summed E-state index contributed by atoms with van der Waals surface area (Å²) in [6, 6.07) is 4.35. The minimum absolute atomic E-state index is 0.179. The van der Waals surface area contributed by atoms with Crippen LogP contribution in [-0.4, -0.2) is 33.2 Å². The van der Waals surface area contributed by atoms with Gasteiger partial charge in [-0.15, -0.1) is 0 Å². The van der Waals surface area contributed by atoms with E-state index in [9.17, 15) is 14.7 Å². The molecule has 0 saturated heterocycles. The highest BCUT2D eigenvalue weighted by atomic mass is 32.2. The number of carboxylic acid groups (broad SMARTS) is 1. The van der Waals surface area contributed by atoms with Gasteiger partial charge in [-0.25, -0.2) is 14.8 Å². The van der Waals surface area contributed by atoms with Gasteiger partial charge in [0.05, 0.1) is 0 Å². The summed E-state index contributed by atoms with van der Waals surface area (Å²) >= 11 is 1.47. The summed E-state index contributed by atoms with van der Waals surface area (Å²) in [4.78, 5) is 32.9. The third-order valence-corrected chi connectivity index (χ3v) is 5.15. The van der Waals surface area contributed by atoms with Crippen molar-refractivity contribution in [2.75, 3.05) is 6.26 Å². The molecule has 2 N–H and O–H groups in total. The summed E-state index contributed by atoms with van der Waals surface area (Å²) < 4.78 is 0. The van der Waals surface area contributed by atoms with Crippen molar-refractivity contribution in [3.05, 3.63) is 51.8 Å². The zero-order chi connectivity index (χ0) is 20.1. The van der Waals surface area contributed by atoms with E-state index in [0.717, 1.165) is 28.1 Å². The van der Waals surface area contributed by atoms with Gasteiger partial charge >= 0.3 is 5.97 Å². The van der Waals surface area contributed by atoms with Gasteiger partial charge in [-0.1, -0.05) is 30.0 Å². The molecule has 1 unspecified atom stereocenters. The molecule has 27 heavy (non-hydrogen) atoms. The molecule has 0 saturated carbocycles. The quantitative estimate of drug-likeness (QED) is 0.559. The lowest BCUT2D eigenvalue weighted by Crippen LogP contribution is -2.34. The summed E-state index contributed by atoms with van der Waals surface area (Å²) in [5, 5.41) is 12.9. The van der Waals surface area contributed by atoms with Crippen LogP contribution in [0.3, 0.4) is 0 Å². The van der Waals surface area contributed by atoms with Crippen LogP contribution in [0.5, 0.6) is 0 Å². The van der Waals surface area contributed by atoms with Crippen LogP contribution in [-0.2, 0) is 16.0 Å². The first kappa shape index (κ1) is 20.9. The summed E-state index contributed by atoms with van der Waals surface area (Å²) in [7, 11) is 0. The van der Waals surface area contributed by atoms with Gasteiger partial charge in [0.2, 0.25) is 5.91 Å². The topological polar surface area (TPSA) is 92.2 Å². The number of thioether (sulfide) groups is 1. The average molecular weight is 388 g/mol. The van der Waals surface area contributed by atoms with Gasteiger partial charge in [-0.2, -0.15) is 0 Å². The Balaban J connectivity index is 2.09. The van der Waals surface area contributed by atoms with Gasteiger partial charge in [0.15, 0.2) is 11.2 Å². The van der Waals surface area contributed by atoms with Crippen LogP contribution in [0.15, 0.2) is 23.4 Å². The van der Waals surface area contributed by atoms with Crippen molar-refractivity contribution < 1.29 is 14.7 Å². The Bertz CT molecular complexity index is 845. The van der Waals surface area contributed by atoms with Gasteiger partial charge in [0.1, 0.15) is 0 Å². The van der Waals surface area contributed by atoms with E-state index < -0.39 is 12.0 Å². The molecule has 0 bridgehead atoms. The van der Waals surface area contributed by atoms with E-state index in [-0.39, 0.29) is 12.3 Å². The molecule has 1 amide bonds. The Morgan fingerprint density at radius 1 is 1.11 bits per heavy atom. The Morgan fingerprint density at radius 2 is 1.74 bits per heavy atom. The van der Waals surface area contributed by atoms with Crippen molar-refractivity contribution in [3.8, 4) is 0 Å². The Hall–Kier alpha value is -2.41. The Morgan fingerprint density at radius 3 is 2.26 bits per heavy atom. The normalized spacial score (nSPS) is 11.9. The molecular weight excluding hydrogens is 362 g/mol. The third-order valence-electron chi connectivity index (χ3n) is 4.60. The van der Waals surface area contributed by atoms with Gasteiger partial charge in [-0.3, -0.25) is 4.79 Å². The number of hydrogen-bond acceptors (Lipinski definition) is 5. The highest BCUT2D eigenvalue weighted by Crippen LogP contribution is 2.19. The number of amides is 1. The molecule has 6 nitrogen and oxygen atoms in total. The largest absolute Gasteiger partial charge is 0.479 e. The number of carbonyl (C=O) groups is 2. The van der Waals surface area contributed by atoms with Crippen molar-refractivity contribution in [1.82, 2.24) is 15.3 Å². The monoisotopic (exact) mass is 387 g/mol. The van der Waals surface area contributed by atoms with Gasteiger partial charge in [0, 0.05) is 17.8 Å². The van der Waals surface area contributed by atoms with E-state index in [1.807, 2.05) is 40.0 Å². The number of aryl methyl sites for hydroxylation is 4. The maximum absolute atomic E-state index is 12.4. The number of carboxylic acids is 1. The number of nitrogens with zero attached hydrogens (tertiary/aromatic N) is 2. The summed E-state index contributed by atoms with van der Waals surface area (Å²) in [5.41, 5.74) is 5.27. The van der Waals surface area contributed by atoms with E-state index in [4.69, 9.17) is 0 Å². The molecule has 2 aromatic rings. The predicted octanol–water partition coefficient (Wildman–Crippen LogP) is 3.31. The van der Waals surface area contributed by atoms with Gasteiger partial charge < -0.3 is 10.4 Å². The summed E-state index contributed by atoms with van der Waals surface area (Å²) in [5.74, 6) is -1.39. The second-order valence-electron chi connectivity index (χ2n) is 6.54. The molecule has 7 heteroatoms. The lowest BCUT2D eigenvalue weighted by Gasteiger charge is -2.17. The number of hydrogen-bond donors (Lipinski definition) is 2. The third kappa shape index (κ3) is 5.29. The fourth-order valence-electron chi connectivity index (χ4n) is 2.87. The van der Waals surface area contributed by atoms with Crippen molar-refractivity contribution >= 4 is 23.6 Å². The Kier molecular flexibility index (Phi) is 6.96. The molecule has 1 heterocycles. The number of aliphatic carboxylic acids is 1. The molecule has 2 rings (SSSR count). The van der Waals surface area contributed by atoms with E-state index >= 15 is 0 Å². The summed E-state index contributed by atoms with van der Waals surface area (Å²) in [6.45, 7) is 7.68. The van der Waals surface area contributed by atoms with Crippen LogP contribution in [0, 0.1) is 27.7 Å². The van der Waals surface area contributed by atoms with Crippen LogP contribution >= 0.6 is 11.8 Å². The second-order valence-corrected chi connectivity index (χ2v) is 7.32. The minimum atomic E-state index is -1.08. The maximum Gasteiger partial charge on any atom is 0.330 e. The molecular formula is C20H25N3O3S. The molecule has 0 aliphatic heterocycles. The van der Waals surface area contributed by atoms with E-state index in [0.29, 0.717) is 17.1 Å². The second kappa shape index (κ2) is 8.99. The number of carbonyl (C=O) groups excluding carboxylic acids is 1. The molecule has 144 valence electrons. The molecule has 1 aromatic heterocycles. The van der Waals surface area contributed by atoms with Crippen molar-refractivity contribution in [1.29, 1.82) is 0 Å². The molecule has 1 atom stereocenters. The molecule has 0 aliphatic rings. The smallest absolute Gasteiger partial charge is 0.330 e. The number of rotatable bonds is 7. The van der Waals surface area contributed by atoms with Crippen LogP contribution in [0.2, 0.25) is 0 Å². The SMILES string of the molecule is CSc1nc(C)c(CCC(=O)NC(C(=O)O)c2ccc(C)c(C)c2)c(C)n1. The highest BCUT2D eigenvalue weighted by molar-refractivity contribution is 7.98. The van der Waals surface area contributed by atoms with E-state index in [2.05, 4.69) is 15.3 Å². The van der Waals surface area contributed by atoms with Crippen molar-refractivity contribution in [2.24, 2.45) is 0 Å². The molecule has 0 aliphatic carbocycles. The minimum Gasteiger partial charge on any atom is -0.479 e. The van der Waals surface area contributed by atoms with Crippen molar-refractivity contribution in [3.63, 3.8) is 0 Å². The number of benzene rings is 1. The maximum atomic E-state index is 12.4. The summed E-state index contributed by atoms with van der Waals surface area (Å²) in [6.07, 6.45) is 2.57. The van der Waals surface area contributed by atoms with E-state index in [1.165, 1.54) is 11.8 Å². The van der Waals surface area contributed by atoms with Crippen molar-refractivity contribution in [2.45, 2.75) is 51.7 Å². The van der Waals surface area contributed by atoms with Crippen LogP contribution in [0.25, 0.3) is 0 Å². The lowest BCUT2D eigenvalue weighted by molar-refractivity contribution is -0.142. The fourth-order valence-corrected chi connectivity index (χ4v) is 3.32. The van der Waals surface area contributed by atoms with Crippen LogP contribution in [0.4, 0.5) is 0 Å². The number of nitrogens with one attached hydrogen (secondary N) is 1. The average Bonchev–Trinajstić information content (AvgIpc) is 2.61. The standard InChI is InChI=1S/C20H25N3O3S/c1-11-6-7-15(10-12(11)2)18(19(25)26)23-17(24)9-8-16-13(3)21-20(27-5)22-14(16)4/h6-7,10,18H,8-9H2,1-5H3,(H,23,24)(H,25,26). The van der Waals surface area contributed by atoms with Gasteiger partial charge in [0.25, 0.3) is 0 Å². The van der Waals surface area contributed by atoms with Crippen LogP contribution < -0.4 is 5.32 Å². The number of aromatic nitrogens is 2. The lowest BCUT2D eigenvalue weighted by atomic mass is 10.0. The predicted molar refractivity (Wildman–Crippen MR) is 106 cm³/mol. The van der Waals surface area contributed by atoms with E-state index in [1.54, 1.807) is 12.1 Å². The highest BCUT2D eigenvalue weighted by Gasteiger charge is 2.22. The van der Waals surface area contributed by atoms with Gasteiger partial charge in [-0.05, 0) is 62.6 Å². The molecule has 0 radical (unpaired) electrons. The zero-order valence-electron chi connectivity index (χ0n) is 16.3. The van der Waals surface area contributed by atoms with Crippen LogP contribution in [0.1, 0.15) is 46.1 Å². The Labute approximate surface area is 163 Å². The fraction of sp³-hybridized carbons (Fsp3) is 0.400. The first-order valence-electron chi connectivity index (χ1n) is 8.70. The first-order valence-corrected chi connectivity index (χ1v) is 9.92. The first-order chi connectivity index (χ1) is 12.7. The molecule has 0 fully saturated rings. The molecule has 1 aromatic carbocycles.